The van der Waals surface area contributed by atoms with Crippen molar-refractivity contribution in [3.63, 3.8) is 0 Å². The highest BCUT2D eigenvalue weighted by Gasteiger charge is 2.58. The number of carbonyl (C=O) groups excluding carboxylic acids is 1. The fraction of sp³-hybridized carbons (Fsp3) is 0.579. The number of aryl methyl sites for hydroxylation is 1. The lowest BCUT2D eigenvalue weighted by Crippen LogP contribution is -2.42. The highest BCUT2D eigenvalue weighted by Crippen LogP contribution is 2.60. The fourth-order valence-electron chi connectivity index (χ4n) is 5.45. The zero-order valence-electron chi connectivity index (χ0n) is 13.2. The summed E-state index contributed by atoms with van der Waals surface area (Å²) in [6.45, 7) is 1.95. The van der Waals surface area contributed by atoms with Gasteiger partial charge in [-0.25, -0.2) is 4.39 Å². The Morgan fingerprint density at radius 1 is 1.39 bits per heavy atom. The molecule has 0 heterocycles. The number of aromatic hydroxyl groups is 1. The van der Waals surface area contributed by atoms with Gasteiger partial charge in [-0.3, -0.25) is 4.79 Å². The second kappa shape index (κ2) is 4.80. The van der Waals surface area contributed by atoms with Crippen molar-refractivity contribution in [1.29, 1.82) is 5.26 Å². The van der Waals surface area contributed by atoms with Crippen LogP contribution in [-0.2, 0) is 11.2 Å². The molecular formula is C19H20FNO2. The van der Waals surface area contributed by atoms with Crippen LogP contribution < -0.4 is 0 Å². The second-order valence-corrected chi connectivity index (χ2v) is 7.62. The molecule has 0 bridgehead atoms. The van der Waals surface area contributed by atoms with Crippen LogP contribution in [0, 0.1) is 28.6 Å². The van der Waals surface area contributed by atoms with Gasteiger partial charge in [0.25, 0.3) is 0 Å². The molecule has 1 aromatic carbocycles. The highest BCUT2D eigenvalue weighted by atomic mass is 19.1. The van der Waals surface area contributed by atoms with Crippen LogP contribution in [0.3, 0.4) is 0 Å². The number of Topliss-reactive ketones (excluding diaryl/α,β-unsaturated/α-hetero) is 1. The summed E-state index contributed by atoms with van der Waals surface area (Å²) in [6, 6.07) is 5.58. The van der Waals surface area contributed by atoms with Gasteiger partial charge in [-0.1, -0.05) is 6.92 Å². The molecule has 0 aliphatic heterocycles. The Kier molecular flexibility index (Phi) is 3.07. The minimum absolute atomic E-state index is 0.0465. The Labute approximate surface area is 135 Å². The van der Waals surface area contributed by atoms with Gasteiger partial charge < -0.3 is 5.11 Å². The molecule has 3 nitrogen and oxygen atoms in total. The number of hydrogen-bond donors (Lipinski definition) is 1. The van der Waals surface area contributed by atoms with Gasteiger partial charge >= 0.3 is 0 Å². The van der Waals surface area contributed by atoms with Crippen LogP contribution in [0.1, 0.15) is 55.2 Å². The smallest absolute Gasteiger partial charge is 0.173 e. The number of phenols is 1. The van der Waals surface area contributed by atoms with E-state index >= 15 is 0 Å². The van der Waals surface area contributed by atoms with Gasteiger partial charge in [0.1, 0.15) is 11.8 Å². The topological polar surface area (TPSA) is 61.1 Å². The van der Waals surface area contributed by atoms with E-state index < -0.39 is 11.6 Å². The molecule has 3 unspecified atom stereocenters. The molecule has 120 valence electrons. The molecule has 3 aliphatic rings. The van der Waals surface area contributed by atoms with Crippen LogP contribution >= 0.6 is 0 Å². The number of hydrogen-bond acceptors (Lipinski definition) is 3. The number of nitriles is 1. The SMILES string of the molecule is C[C@]12CCC3c4cc(C#N)c(O)cc4CCC3C1C[C@@H](F)C2=O. The Hall–Kier alpha value is -1.89. The number of rotatable bonds is 0. The summed E-state index contributed by atoms with van der Waals surface area (Å²) in [7, 11) is 0. The molecular weight excluding hydrogens is 293 g/mol. The number of alkyl halides is 1. The van der Waals surface area contributed by atoms with Gasteiger partial charge in [0.15, 0.2) is 12.0 Å². The van der Waals surface area contributed by atoms with Crippen LogP contribution in [0.5, 0.6) is 5.75 Å². The quantitative estimate of drug-likeness (QED) is 0.795. The Bertz CT molecular complexity index is 738. The zero-order valence-corrected chi connectivity index (χ0v) is 13.2. The first-order valence-electron chi connectivity index (χ1n) is 8.40. The number of halogens is 1. The monoisotopic (exact) mass is 313 g/mol. The van der Waals surface area contributed by atoms with Crippen molar-refractivity contribution in [2.75, 3.05) is 0 Å². The van der Waals surface area contributed by atoms with E-state index in [1.165, 1.54) is 0 Å². The van der Waals surface area contributed by atoms with E-state index in [9.17, 15) is 19.6 Å². The van der Waals surface area contributed by atoms with Crippen LogP contribution in [-0.4, -0.2) is 17.1 Å². The standard InChI is InChI=1S/C19H20FNO2/c1-19-5-4-12-13(15(19)8-16(20)18(19)23)3-2-10-7-17(22)11(9-21)6-14(10)12/h6-7,12-13,15-16,22H,2-5,8H2,1H3/t12?,13?,15?,16-,19+/m1/s1. The lowest BCUT2D eigenvalue weighted by molar-refractivity contribution is -0.132. The van der Waals surface area contributed by atoms with Crippen molar-refractivity contribution in [3.8, 4) is 11.8 Å². The molecule has 3 aliphatic carbocycles. The van der Waals surface area contributed by atoms with Gasteiger partial charge in [-0.15, -0.1) is 0 Å². The third kappa shape index (κ3) is 1.89. The molecule has 1 N–H and O–H groups in total. The predicted molar refractivity (Wildman–Crippen MR) is 82.7 cm³/mol. The Balaban J connectivity index is 1.76. The van der Waals surface area contributed by atoms with E-state index in [4.69, 9.17) is 0 Å². The van der Waals surface area contributed by atoms with Gasteiger partial charge in [0, 0.05) is 5.41 Å². The van der Waals surface area contributed by atoms with Crippen molar-refractivity contribution in [2.45, 2.75) is 51.1 Å². The minimum atomic E-state index is -1.31. The fourth-order valence-corrected chi connectivity index (χ4v) is 5.45. The molecule has 2 saturated carbocycles. The van der Waals surface area contributed by atoms with Gasteiger partial charge in [0.2, 0.25) is 0 Å². The Morgan fingerprint density at radius 2 is 2.17 bits per heavy atom. The molecule has 0 spiro atoms. The normalized spacial score (nSPS) is 38.4. The van der Waals surface area contributed by atoms with Crippen molar-refractivity contribution >= 4 is 5.78 Å². The van der Waals surface area contributed by atoms with Gasteiger partial charge in [-0.2, -0.15) is 5.26 Å². The summed E-state index contributed by atoms with van der Waals surface area (Å²) in [5.74, 6) is 0.543. The van der Waals surface area contributed by atoms with Gasteiger partial charge in [0.05, 0.1) is 5.56 Å². The van der Waals surface area contributed by atoms with Crippen molar-refractivity contribution in [3.05, 3.63) is 28.8 Å². The van der Waals surface area contributed by atoms with Crippen LogP contribution in [0.4, 0.5) is 4.39 Å². The van der Waals surface area contributed by atoms with E-state index in [0.29, 0.717) is 17.9 Å². The van der Waals surface area contributed by atoms with Crippen molar-refractivity contribution < 1.29 is 14.3 Å². The van der Waals surface area contributed by atoms with Crippen molar-refractivity contribution in [2.24, 2.45) is 17.3 Å². The first kappa shape index (κ1) is 14.7. The van der Waals surface area contributed by atoms with Crippen LogP contribution in [0.15, 0.2) is 12.1 Å². The van der Waals surface area contributed by atoms with E-state index in [-0.39, 0.29) is 23.4 Å². The van der Waals surface area contributed by atoms with Crippen LogP contribution in [0.2, 0.25) is 0 Å². The average molecular weight is 313 g/mol. The summed E-state index contributed by atoms with van der Waals surface area (Å²) in [6.07, 6.45) is 2.39. The number of phenolic OH excluding ortho intramolecular Hbond substituents is 1. The molecule has 5 atom stereocenters. The van der Waals surface area contributed by atoms with E-state index in [1.54, 1.807) is 6.07 Å². The number of benzene rings is 1. The third-order valence-electron chi connectivity index (χ3n) is 6.66. The molecule has 1 aromatic rings. The lowest BCUT2D eigenvalue weighted by atomic mass is 9.55. The zero-order chi connectivity index (χ0) is 16.4. The van der Waals surface area contributed by atoms with E-state index in [1.807, 2.05) is 19.1 Å². The largest absolute Gasteiger partial charge is 0.507 e. The lowest BCUT2D eigenvalue weighted by Gasteiger charge is -2.48. The first-order valence-corrected chi connectivity index (χ1v) is 8.40. The minimum Gasteiger partial charge on any atom is -0.507 e. The molecule has 4 heteroatoms. The van der Waals surface area contributed by atoms with Crippen LogP contribution in [0.25, 0.3) is 0 Å². The molecule has 0 saturated heterocycles. The summed E-state index contributed by atoms with van der Waals surface area (Å²) < 4.78 is 14.1. The molecule has 0 amide bonds. The van der Waals surface area contributed by atoms with E-state index in [2.05, 4.69) is 0 Å². The third-order valence-corrected chi connectivity index (χ3v) is 6.66. The number of ketones is 1. The predicted octanol–water partition coefficient (Wildman–Crippen LogP) is 3.64. The maximum atomic E-state index is 14.1. The van der Waals surface area contributed by atoms with Gasteiger partial charge in [-0.05, 0) is 73.1 Å². The van der Waals surface area contributed by atoms with Crippen molar-refractivity contribution in [1.82, 2.24) is 0 Å². The molecule has 2 fully saturated rings. The summed E-state index contributed by atoms with van der Waals surface area (Å²) in [4.78, 5) is 12.3. The Morgan fingerprint density at radius 3 is 2.91 bits per heavy atom. The first-order chi connectivity index (χ1) is 11.0. The van der Waals surface area contributed by atoms with E-state index in [0.717, 1.165) is 36.8 Å². The summed E-state index contributed by atoms with van der Waals surface area (Å²) >= 11 is 0. The molecule has 0 aromatic heterocycles. The summed E-state index contributed by atoms with van der Waals surface area (Å²) in [5, 5.41) is 19.1. The number of carbonyl (C=O) groups is 1. The number of nitrogens with zero attached hydrogens (tertiary/aromatic N) is 1. The molecule has 23 heavy (non-hydrogen) atoms. The maximum Gasteiger partial charge on any atom is 0.173 e. The molecule has 0 radical (unpaired) electrons. The summed E-state index contributed by atoms with van der Waals surface area (Å²) in [5.41, 5.74) is 2.04. The molecule has 4 rings (SSSR count). The number of fused-ring (bicyclic) bond motifs is 5. The second-order valence-electron chi connectivity index (χ2n) is 7.62. The highest BCUT2D eigenvalue weighted by molar-refractivity contribution is 5.91. The maximum absolute atomic E-state index is 14.1. The average Bonchev–Trinajstić information content (AvgIpc) is 2.77.